The van der Waals surface area contributed by atoms with E-state index in [0.717, 1.165) is 29.1 Å². The second-order valence-electron chi connectivity index (χ2n) is 7.59. The molecule has 1 N–H and O–H groups in total. The van der Waals surface area contributed by atoms with E-state index >= 15 is 0 Å². The predicted octanol–water partition coefficient (Wildman–Crippen LogP) is 3.94. The van der Waals surface area contributed by atoms with Crippen LogP contribution >= 0.6 is 0 Å². The van der Waals surface area contributed by atoms with Gasteiger partial charge < -0.3 is 14.6 Å². The molecule has 3 heterocycles. The lowest BCUT2D eigenvalue weighted by Crippen LogP contribution is -2.10. The van der Waals surface area contributed by atoms with Crippen molar-refractivity contribution in [3.05, 3.63) is 66.6 Å². The summed E-state index contributed by atoms with van der Waals surface area (Å²) in [7, 11) is -0.588. The molecule has 8 heteroatoms. The number of hydrogen-bond donors (Lipinski definition) is 1. The number of benzene rings is 1. The van der Waals surface area contributed by atoms with Crippen LogP contribution in [0.1, 0.15) is 5.69 Å². The third kappa shape index (κ3) is 4.78. The van der Waals surface area contributed by atoms with Crippen LogP contribution in [0.25, 0.3) is 16.8 Å². The summed E-state index contributed by atoms with van der Waals surface area (Å²) >= 11 is 0. The molecular formula is C22H26N4O3Si. The second kappa shape index (κ2) is 9.25. The summed E-state index contributed by atoms with van der Waals surface area (Å²) in [5.41, 5.74) is 3.60. The highest BCUT2D eigenvalue weighted by molar-refractivity contribution is 6.55. The highest BCUT2D eigenvalue weighted by Crippen LogP contribution is 2.26. The maximum absolute atomic E-state index is 9.23. The van der Waals surface area contributed by atoms with Gasteiger partial charge in [0.2, 0.25) is 0 Å². The van der Waals surface area contributed by atoms with Crippen molar-refractivity contribution in [2.24, 2.45) is 0 Å². The minimum absolute atomic E-state index is 0.0829. The molecule has 0 bridgehead atoms. The minimum Gasteiger partial charge on any atom is -0.456 e. The Morgan fingerprint density at radius 1 is 1.03 bits per heavy atom. The van der Waals surface area contributed by atoms with E-state index in [2.05, 4.69) is 23.3 Å². The molecule has 0 aliphatic carbocycles. The Labute approximate surface area is 177 Å². The maximum Gasteiger partial charge on any atom is 0.145 e. The van der Waals surface area contributed by atoms with E-state index < -0.39 is 8.80 Å². The SMILES string of the molecule is C[SiH](C)CCOCn1nccc1-c1ccc(Oc2ccc3cc(CO)nn3c2)cc1. The van der Waals surface area contributed by atoms with Gasteiger partial charge in [-0.25, -0.2) is 9.20 Å². The molecule has 4 rings (SSSR count). The minimum atomic E-state index is -0.588. The molecule has 0 amide bonds. The molecule has 0 radical (unpaired) electrons. The van der Waals surface area contributed by atoms with Crippen molar-refractivity contribution in [1.82, 2.24) is 19.4 Å². The van der Waals surface area contributed by atoms with Crippen LogP contribution in [0.2, 0.25) is 19.1 Å². The van der Waals surface area contributed by atoms with Gasteiger partial charge in [-0.15, -0.1) is 0 Å². The maximum atomic E-state index is 9.23. The molecule has 0 saturated heterocycles. The largest absolute Gasteiger partial charge is 0.456 e. The van der Waals surface area contributed by atoms with E-state index in [1.807, 2.05) is 53.2 Å². The normalized spacial score (nSPS) is 11.5. The van der Waals surface area contributed by atoms with Crippen LogP contribution in [0.5, 0.6) is 11.5 Å². The first-order chi connectivity index (χ1) is 14.6. The van der Waals surface area contributed by atoms with Gasteiger partial charge in [0.05, 0.1) is 29.7 Å². The Bertz CT molecular complexity index is 1110. The van der Waals surface area contributed by atoms with Crippen LogP contribution in [0.3, 0.4) is 0 Å². The Hall–Kier alpha value is -2.94. The topological polar surface area (TPSA) is 73.8 Å². The first-order valence-electron chi connectivity index (χ1n) is 10.1. The van der Waals surface area contributed by atoms with Crippen molar-refractivity contribution in [2.75, 3.05) is 6.61 Å². The fourth-order valence-corrected chi connectivity index (χ4v) is 3.78. The number of nitrogens with zero attached hydrogens (tertiary/aromatic N) is 4. The molecule has 0 fully saturated rings. The molecule has 0 aliphatic heterocycles. The lowest BCUT2D eigenvalue weighted by Gasteiger charge is -2.10. The van der Waals surface area contributed by atoms with Crippen molar-refractivity contribution in [3.63, 3.8) is 0 Å². The molecule has 0 aliphatic rings. The number of aliphatic hydroxyl groups is 1. The van der Waals surface area contributed by atoms with Gasteiger partial charge in [0.25, 0.3) is 0 Å². The summed E-state index contributed by atoms with van der Waals surface area (Å²) in [4.78, 5) is 0. The smallest absolute Gasteiger partial charge is 0.145 e. The number of pyridine rings is 1. The summed E-state index contributed by atoms with van der Waals surface area (Å²) in [5, 5.41) is 17.9. The highest BCUT2D eigenvalue weighted by Gasteiger charge is 2.08. The molecule has 3 aromatic heterocycles. The van der Waals surface area contributed by atoms with E-state index in [4.69, 9.17) is 9.47 Å². The highest BCUT2D eigenvalue weighted by atomic mass is 28.3. The Balaban J connectivity index is 1.43. The second-order valence-corrected chi connectivity index (χ2v) is 11.0. The summed E-state index contributed by atoms with van der Waals surface area (Å²) in [6.07, 6.45) is 3.59. The number of fused-ring (bicyclic) bond motifs is 1. The molecule has 0 atom stereocenters. The molecule has 30 heavy (non-hydrogen) atoms. The Morgan fingerprint density at radius 2 is 1.83 bits per heavy atom. The van der Waals surface area contributed by atoms with Crippen LogP contribution in [0.4, 0.5) is 0 Å². The quantitative estimate of drug-likeness (QED) is 0.327. The zero-order valence-corrected chi connectivity index (χ0v) is 18.4. The summed E-state index contributed by atoms with van der Waals surface area (Å²) in [5.74, 6) is 1.41. The van der Waals surface area contributed by atoms with Crippen LogP contribution < -0.4 is 4.74 Å². The number of hydrogen-bond acceptors (Lipinski definition) is 5. The number of aliphatic hydroxyl groups excluding tert-OH is 1. The summed E-state index contributed by atoms with van der Waals surface area (Å²) in [6.45, 7) is 5.82. The van der Waals surface area contributed by atoms with Crippen molar-refractivity contribution >= 4 is 14.3 Å². The van der Waals surface area contributed by atoms with E-state index in [9.17, 15) is 5.11 Å². The molecular weight excluding hydrogens is 396 g/mol. The Kier molecular flexibility index (Phi) is 6.27. The number of ether oxygens (including phenoxy) is 2. The molecule has 0 saturated carbocycles. The molecule has 0 spiro atoms. The van der Waals surface area contributed by atoms with E-state index in [-0.39, 0.29) is 6.61 Å². The van der Waals surface area contributed by atoms with Crippen LogP contribution in [-0.4, -0.2) is 39.9 Å². The zero-order valence-electron chi connectivity index (χ0n) is 17.2. The van der Waals surface area contributed by atoms with Crippen LogP contribution in [0.15, 0.2) is 60.9 Å². The van der Waals surface area contributed by atoms with Gasteiger partial charge >= 0.3 is 0 Å². The van der Waals surface area contributed by atoms with Gasteiger partial charge in [0.1, 0.15) is 18.2 Å². The van der Waals surface area contributed by atoms with Gasteiger partial charge in [-0.05, 0) is 54.6 Å². The van der Waals surface area contributed by atoms with Crippen molar-refractivity contribution < 1.29 is 14.6 Å². The fourth-order valence-electron chi connectivity index (χ4n) is 3.14. The standard InChI is InChI=1S/C22H26N4O3Si/c1-30(2)12-11-28-16-26-22(9-10-23-26)17-3-6-20(7-4-17)29-21-8-5-19-13-18(15-27)24-25(19)14-21/h3-10,13-14,27,30H,11-12,15-16H2,1-2H3. The van der Waals surface area contributed by atoms with Gasteiger partial charge in [0.15, 0.2) is 0 Å². The van der Waals surface area contributed by atoms with Gasteiger partial charge in [-0.1, -0.05) is 13.1 Å². The van der Waals surface area contributed by atoms with E-state index in [0.29, 0.717) is 18.2 Å². The third-order valence-electron chi connectivity index (χ3n) is 4.80. The predicted molar refractivity (Wildman–Crippen MR) is 118 cm³/mol. The molecule has 4 aromatic rings. The Morgan fingerprint density at radius 3 is 2.60 bits per heavy atom. The molecule has 0 unspecified atom stereocenters. The van der Waals surface area contributed by atoms with Crippen molar-refractivity contribution in [2.45, 2.75) is 32.5 Å². The van der Waals surface area contributed by atoms with Crippen LogP contribution in [0, 0.1) is 0 Å². The zero-order chi connectivity index (χ0) is 20.9. The number of aromatic nitrogens is 4. The van der Waals surface area contributed by atoms with E-state index in [1.54, 1.807) is 16.9 Å². The average Bonchev–Trinajstić information content (AvgIpc) is 3.38. The summed E-state index contributed by atoms with van der Waals surface area (Å²) < 4.78 is 15.3. The van der Waals surface area contributed by atoms with Gasteiger partial charge in [-0.2, -0.15) is 10.2 Å². The molecule has 1 aromatic carbocycles. The summed E-state index contributed by atoms with van der Waals surface area (Å²) in [6, 6.07) is 16.7. The third-order valence-corrected chi connectivity index (χ3v) is 6.19. The van der Waals surface area contributed by atoms with Crippen molar-refractivity contribution in [3.8, 4) is 22.8 Å². The van der Waals surface area contributed by atoms with Gasteiger partial charge in [-0.3, -0.25) is 0 Å². The number of rotatable bonds is 9. The van der Waals surface area contributed by atoms with Crippen LogP contribution in [-0.2, 0) is 18.1 Å². The molecule has 156 valence electrons. The lowest BCUT2D eigenvalue weighted by molar-refractivity contribution is 0.0801. The molecule has 7 nitrogen and oxygen atoms in total. The lowest BCUT2D eigenvalue weighted by atomic mass is 10.1. The fraction of sp³-hybridized carbons (Fsp3) is 0.273. The van der Waals surface area contributed by atoms with E-state index in [1.165, 1.54) is 6.04 Å². The average molecular weight is 423 g/mol. The monoisotopic (exact) mass is 422 g/mol. The first-order valence-corrected chi connectivity index (χ1v) is 13.2. The van der Waals surface area contributed by atoms with Crippen molar-refractivity contribution in [1.29, 1.82) is 0 Å². The first kappa shape index (κ1) is 20.3. The van der Waals surface area contributed by atoms with Gasteiger partial charge in [0, 0.05) is 27.2 Å².